The van der Waals surface area contributed by atoms with E-state index in [4.69, 9.17) is 4.42 Å². The number of para-hydroxylation sites is 1. The zero-order chi connectivity index (χ0) is 32.7. The molecule has 9 aromatic rings. The molecule has 0 aliphatic rings. The number of phenols is 5. The quantitative estimate of drug-likeness (QED) is 0.0757. The zero-order valence-corrected chi connectivity index (χ0v) is 25.3. The number of hydrogen-bond donors (Lipinski definition) is 5. The van der Waals surface area contributed by atoms with Crippen LogP contribution in [0, 0.1) is 0 Å². The molecule has 8 aromatic carbocycles. The molecule has 0 spiro atoms. The van der Waals surface area contributed by atoms with Crippen molar-refractivity contribution in [1.29, 1.82) is 0 Å². The monoisotopic (exact) mass is 626 g/mol. The minimum atomic E-state index is -1.00. The van der Waals surface area contributed by atoms with Gasteiger partial charge in [-0.1, -0.05) is 109 Å². The standard InChI is InChI=1S/C42H26O6/c43-38-34(39(44)41(46)42(47)40(38)45)23-19-20-28-31(21-23)36(30-16-8-18-33-37(30)29-14-5-6-17-32(29)48-33)27-13-4-3-12-26(27)35(28)25-15-7-10-22-9-1-2-11-24(22)25/h1-21,43-47H. The fraction of sp³-hybridized carbons (Fsp3) is 0. The van der Waals surface area contributed by atoms with Crippen molar-refractivity contribution in [2.75, 3.05) is 0 Å². The number of benzene rings is 8. The van der Waals surface area contributed by atoms with Gasteiger partial charge in [0.1, 0.15) is 11.2 Å². The lowest BCUT2D eigenvalue weighted by Gasteiger charge is -2.20. The van der Waals surface area contributed by atoms with Gasteiger partial charge in [0.05, 0.1) is 5.56 Å². The number of phenolic OH excluding ortho intramolecular Hbond substituents is 5. The third kappa shape index (κ3) is 3.80. The summed E-state index contributed by atoms with van der Waals surface area (Å²) in [4.78, 5) is 0. The van der Waals surface area contributed by atoms with Gasteiger partial charge in [-0.2, -0.15) is 0 Å². The Labute approximate surface area is 273 Å². The molecular weight excluding hydrogens is 600 g/mol. The number of rotatable bonds is 3. The van der Waals surface area contributed by atoms with E-state index in [2.05, 4.69) is 48.5 Å². The van der Waals surface area contributed by atoms with E-state index in [1.165, 1.54) is 0 Å². The topological polar surface area (TPSA) is 114 Å². The predicted molar refractivity (Wildman–Crippen MR) is 191 cm³/mol. The van der Waals surface area contributed by atoms with Gasteiger partial charge in [0.2, 0.25) is 17.2 Å². The fourth-order valence-corrected chi connectivity index (χ4v) is 7.30. The van der Waals surface area contributed by atoms with Gasteiger partial charge in [-0.15, -0.1) is 0 Å². The van der Waals surface area contributed by atoms with Gasteiger partial charge in [-0.25, -0.2) is 0 Å². The largest absolute Gasteiger partial charge is 0.504 e. The summed E-state index contributed by atoms with van der Waals surface area (Å²) in [6.45, 7) is 0. The number of aromatic hydroxyl groups is 5. The summed E-state index contributed by atoms with van der Waals surface area (Å²) in [5.41, 5.74) is 5.54. The number of fused-ring (bicyclic) bond motifs is 6. The Balaban J connectivity index is 1.50. The molecule has 1 aromatic heterocycles. The molecule has 0 atom stereocenters. The summed E-state index contributed by atoms with van der Waals surface area (Å²) in [6.07, 6.45) is 0. The summed E-state index contributed by atoms with van der Waals surface area (Å²) in [5.74, 6) is -4.35. The highest BCUT2D eigenvalue weighted by Gasteiger charge is 2.26. The SMILES string of the molecule is Oc1c(O)c(O)c(-c2ccc3c(-c4cccc5ccccc45)c4ccccc4c(-c4cccc5oc6ccccc6c45)c3c2)c(O)c1O. The highest BCUT2D eigenvalue weighted by molar-refractivity contribution is 6.27. The van der Waals surface area contributed by atoms with Gasteiger partial charge in [0.15, 0.2) is 11.5 Å². The van der Waals surface area contributed by atoms with Crippen LogP contribution in [0.2, 0.25) is 0 Å². The first-order valence-corrected chi connectivity index (χ1v) is 15.5. The molecule has 0 saturated heterocycles. The van der Waals surface area contributed by atoms with Gasteiger partial charge in [-0.3, -0.25) is 0 Å². The van der Waals surface area contributed by atoms with Gasteiger partial charge >= 0.3 is 0 Å². The number of furan rings is 1. The lowest BCUT2D eigenvalue weighted by molar-refractivity contribution is 0.330. The maximum absolute atomic E-state index is 11.0. The Morgan fingerprint density at radius 1 is 0.354 bits per heavy atom. The third-order valence-electron chi connectivity index (χ3n) is 9.41. The first-order valence-electron chi connectivity index (χ1n) is 15.5. The van der Waals surface area contributed by atoms with Crippen molar-refractivity contribution in [1.82, 2.24) is 0 Å². The molecule has 0 unspecified atom stereocenters. The molecule has 0 aliphatic heterocycles. The van der Waals surface area contributed by atoms with Gasteiger partial charge in [0, 0.05) is 10.8 Å². The molecular formula is C42H26O6. The van der Waals surface area contributed by atoms with Crippen molar-refractivity contribution in [3.63, 3.8) is 0 Å². The van der Waals surface area contributed by atoms with Crippen LogP contribution in [-0.2, 0) is 0 Å². The van der Waals surface area contributed by atoms with Crippen LogP contribution in [0.3, 0.4) is 0 Å². The minimum absolute atomic E-state index is 0.206. The lowest BCUT2D eigenvalue weighted by Crippen LogP contribution is -1.93. The molecule has 0 amide bonds. The molecule has 0 radical (unpaired) electrons. The fourth-order valence-electron chi connectivity index (χ4n) is 7.30. The van der Waals surface area contributed by atoms with Gasteiger partial charge < -0.3 is 29.9 Å². The van der Waals surface area contributed by atoms with Crippen LogP contribution in [0.4, 0.5) is 0 Å². The smallest absolute Gasteiger partial charge is 0.208 e. The summed E-state index contributed by atoms with van der Waals surface area (Å²) < 4.78 is 6.30. The Bertz CT molecular complexity index is 2760. The second-order valence-electron chi connectivity index (χ2n) is 12.0. The van der Waals surface area contributed by atoms with Crippen LogP contribution in [0.1, 0.15) is 0 Å². The Morgan fingerprint density at radius 3 is 1.62 bits per heavy atom. The first-order chi connectivity index (χ1) is 23.4. The molecule has 0 bridgehead atoms. The highest BCUT2D eigenvalue weighted by Crippen LogP contribution is 2.56. The van der Waals surface area contributed by atoms with Crippen LogP contribution in [0.15, 0.2) is 132 Å². The van der Waals surface area contributed by atoms with E-state index in [0.29, 0.717) is 5.56 Å². The average molecular weight is 627 g/mol. The average Bonchev–Trinajstić information content (AvgIpc) is 3.51. The third-order valence-corrected chi connectivity index (χ3v) is 9.41. The first kappa shape index (κ1) is 27.6. The molecule has 1 heterocycles. The zero-order valence-electron chi connectivity index (χ0n) is 25.3. The maximum Gasteiger partial charge on any atom is 0.208 e. The minimum Gasteiger partial charge on any atom is -0.504 e. The van der Waals surface area contributed by atoms with E-state index in [-0.39, 0.29) is 5.56 Å². The van der Waals surface area contributed by atoms with Crippen molar-refractivity contribution in [2.24, 2.45) is 0 Å². The van der Waals surface area contributed by atoms with Crippen molar-refractivity contribution in [3.8, 4) is 62.1 Å². The molecule has 0 saturated carbocycles. The van der Waals surface area contributed by atoms with Crippen LogP contribution in [-0.4, -0.2) is 25.5 Å². The van der Waals surface area contributed by atoms with E-state index >= 15 is 0 Å². The molecule has 0 aliphatic carbocycles. The van der Waals surface area contributed by atoms with Crippen molar-refractivity contribution in [2.45, 2.75) is 0 Å². The summed E-state index contributed by atoms with van der Waals surface area (Å²) >= 11 is 0. The summed E-state index contributed by atoms with van der Waals surface area (Å²) in [7, 11) is 0. The Morgan fingerprint density at radius 2 is 0.875 bits per heavy atom. The maximum atomic E-state index is 11.0. The van der Waals surface area contributed by atoms with Crippen molar-refractivity contribution in [3.05, 3.63) is 127 Å². The molecule has 230 valence electrons. The van der Waals surface area contributed by atoms with E-state index in [9.17, 15) is 25.5 Å². The molecule has 48 heavy (non-hydrogen) atoms. The second-order valence-corrected chi connectivity index (χ2v) is 12.0. The Hall–Kier alpha value is -6.66. The van der Waals surface area contributed by atoms with E-state index < -0.39 is 28.7 Å². The molecule has 6 nitrogen and oxygen atoms in total. The summed E-state index contributed by atoms with van der Waals surface area (Å²) in [6, 6.07) is 42.2. The molecule has 5 N–H and O–H groups in total. The van der Waals surface area contributed by atoms with E-state index in [1.807, 2.05) is 72.8 Å². The van der Waals surface area contributed by atoms with E-state index in [1.54, 1.807) is 6.07 Å². The van der Waals surface area contributed by atoms with Gasteiger partial charge in [0.25, 0.3) is 0 Å². The van der Waals surface area contributed by atoms with Crippen molar-refractivity contribution < 1.29 is 29.9 Å². The normalized spacial score (nSPS) is 11.8. The summed E-state index contributed by atoms with van der Waals surface area (Å²) in [5, 5.41) is 60.8. The van der Waals surface area contributed by atoms with Gasteiger partial charge in [-0.05, 0) is 78.3 Å². The predicted octanol–water partition coefficient (Wildman–Crippen LogP) is 10.6. The van der Waals surface area contributed by atoms with E-state index in [0.717, 1.165) is 76.5 Å². The lowest BCUT2D eigenvalue weighted by atomic mass is 9.83. The van der Waals surface area contributed by atoms with Crippen LogP contribution >= 0.6 is 0 Å². The molecule has 0 fully saturated rings. The molecule has 9 rings (SSSR count). The second kappa shape index (κ2) is 10.2. The van der Waals surface area contributed by atoms with Crippen LogP contribution < -0.4 is 0 Å². The van der Waals surface area contributed by atoms with Crippen molar-refractivity contribution >= 4 is 54.3 Å². The highest BCUT2D eigenvalue weighted by atomic mass is 16.4. The van der Waals surface area contributed by atoms with Crippen LogP contribution in [0.5, 0.6) is 28.7 Å². The Kier molecular flexibility index (Phi) is 5.86. The van der Waals surface area contributed by atoms with Crippen LogP contribution in [0.25, 0.3) is 87.6 Å². The molecule has 6 heteroatoms. The number of hydrogen-bond acceptors (Lipinski definition) is 6.